The first kappa shape index (κ1) is 25.8. The highest BCUT2D eigenvalue weighted by Gasteiger charge is 2.58. The van der Waals surface area contributed by atoms with Crippen LogP contribution in [0.15, 0.2) is 0 Å². The summed E-state index contributed by atoms with van der Waals surface area (Å²) in [5.74, 6) is -0.942. The quantitative estimate of drug-likeness (QED) is 0.587. The van der Waals surface area contributed by atoms with Gasteiger partial charge in [0, 0.05) is 11.5 Å². The highest BCUT2D eigenvalue weighted by atomic mass is 16.6. The van der Waals surface area contributed by atoms with Crippen LogP contribution in [0.2, 0.25) is 0 Å². The van der Waals surface area contributed by atoms with E-state index in [4.69, 9.17) is 18.9 Å². The summed E-state index contributed by atoms with van der Waals surface area (Å²) in [5, 5.41) is 22.0. The van der Waals surface area contributed by atoms with Crippen molar-refractivity contribution in [2.75, 3.05) is 20.8 Å². The minimum atomic E-state index is -1.64. The Labute approximate surface area is 206 Å². The first-order chi connectivity index (χ1) is 16.3. The number of aliphatic hydroxyl groups is 2. The van der Waals surface area contributed by atoms with Gasteiger partial charge in [0.15, 0.2) is 0 Å². The zero-order valence-electron chi connectivity index (χ0n) is 21.8. The third-order valence-electron chi connectivity index (χ3n) is 9.09. The van der Waals surface area contributed by atoms with Crippen LogP contribution < -0.4 is 9.47 Å². The van der Waals surface area contributed by atoms with Crippen molar-refractivity contribution in [3.8, 4) is 11.5 Å². The molecular weight excluding hydrogens is 452 g/mol. The van der Waals surface area contributed by atoms with E-state index in [2.05, 4.69) is 20.8 Å². The molecule has 0 bridgehead atoms. The molecule has 8 nitrogen and oxygen atoms in total. The van der Waals surface area contributed by atoms with Gasteiger partial charge in [0.25, 0.3) is 0 Å². The van der Waals surface area contributed by atoms with Gasteiger partial charge >= 0.3 is 11.9 Å². The number of methoxy groups -OCH3 is 2. The third-order valence-corrected chi connectivity index (χ3v) is 9.09. The minimum absolute atomic E-state index is 0.00373. The normalized spacial score (nSPS) is 33.4. The van der Waals surface area contributed by atoms with Gasteiger partial charge < -0.3 is 29.2 Å². The number of ether oxygens (including phenoxy) is 4. The second kappa shape index (κ2) is 8.66. The molecule has 0 aromatic heterocycles. The average Bonchev–Trinajstić information content (AvgIpc) is 3.05. The average molecular weight is 491 g/mol. The van der Waals surface area contributed by atoms with E-state index in [0.717, 1.165) is 25.7 Å². The molecule has 0 saturated heterocycles. The maximum Gasteiger partial charge on any atom is 0.345 e. The Morgan fingerprint density at radius 1 is 1.11 bits per heavy atom. The van der Waals surface area contributed by atoms with Crippen LogP contribution in [-0.4, -0.2) is 48.6 Å². The molecule has 0 amide bonds. The Morgan fingerprint density at radius 3 is 2.43 bits per heavy atom. The molecule has 5 unspecified atom stereocenters. The van der Waals surface area contributed by atoms with Gasteiger partial charge in [-0.25, -0.2) is 9.59 Å². The van der Waals surface area contributed by atoms with Crippen molar-refractivity contribution >= 4 is 11.9 Å². The zero-order valence-corrected chi connectivity index (χ0v) is 21.8. The van der Waals surface area contributed by atoms with E-state index in [1.165, 1.54) is 14.2 Å². The summed E-state index contributed by atoms with van der Waals surface area (Å²) in [7, 11) is 2.63. The molecule has 2 fully saturated rings. The van der Waals surface area contributed by atoms with Crippen LogP contribution in [-0.2, 0) is 9.47 Å². The van der Waals surface area contributed by atoms with Gasteiger partial charge in [0.05, 0.1) is 32.0 Å². The van der Waals surface area contributed by atoms with Crippen molar-refractivity contribution in [3.05, 3.63) is 22.3 Å². The Morgan fingerprint density at radius 2 is 1.80 bits per heavy atom. The highest BCUT2D eigenvalue weighted by Crippen LogP contribution is 2.62. The Kier molecular flexibility index (Phi) is 6.37. The van der Waals surface area contributed by atoms with E-state index < -0.39 is 23.8 Å². The zero-order chi connectivity index (χ0) is 25.9. The molecule has 194 valence electrons. The fourth-order valence-corrected chi connectivity index (χ4v) is 7.42. The summed E-state index contributed by atoms with van der Waals surface area (Å²) >= 11 is 0. The molecule has 4 rings (SSSR count). The molecule has 1 aromatic rings. The standard InChI is InChI=1S/C27H38O8/c1-14-20(32-6)18-17(23(29)35-24(18)30)19(22(28)33-7)21(14)34-13-16-26(4)11-8-10-25(2,3)15(26)9-12-27(16,5)31/h15-16,23,29,31H,8-13H2,1-7H3. The molecular formula is C27H38O8. The maximum absolute atomic E-state index is 12.9. The monoisotopic (exact) mass is 490 g/mol. The predicted octanol–water partition coefficient (Wildman–Crippen LogP) is 4.32. The number of hydrogen-bond acceptors (Lipinski definition) is 8. The number of rotatable bonds is 5. The lowest BCUT2D eigenvalue weighted by atomic mass is 9.46. The van der Waals surface area contributed by atoms with Gasteiger partial charge in [0.1, 0.15) is 22.6 Å². The Hall–Kier alpha value is -2.32. The fraction of sp³-hybridized carbons (Fsp3) is 0.704. The third kappa shape index (κ3) is 3.89. The van der Waals surface area contributed by atoms with Gasteiger partial charge in [0.2, 0.25) is 6.29 Å². The molecule has 1 aliphatic heterocycles. The molecule has 0 spiro atoms. The molecule has 1 heterocycles. The molecule has 3 aliphatic rings. The van der Waals surface area contributed by atoms with Crippen LogP contribution in [0.4, 0.5) is 0 Å². The highest BCUT2D eigenvalue weighted by molar-refractivity contribution is 6.05. The summed E-state index contributed by atoms with van der Waals surface area (Å²) in [6.07, 6.45) is 3.21. The first-order valence-corrected chi connectivity index (χ1v) is 12.4. The first-order valence-electron chi connectivity index (χ1n) is 12.4. The summed E-state index contributed by atoms with van der Waals surface area (Å²) < 4.78 is 21.9. The van der Waals surface area contributed by atoms with Gasteiger partial charge in [-0.2, -0.15) is 0 Å². The van der Waals surface area contributed by atoms with Crippen LogP contribution in [0.25, 0.3) is 0 Å². The number of benzene rings is 1. The van der Waals surface area contributed by atoms with Gasteiger partial charge in [-0.3, -0.25) is 0 Å². The summed E-state index contributed by atoms with van der Waals surface area (Å²) in [4.78, 5) is 25.3. The number of aliphatic hydroxyl groups excluding tert-OH is 1. The number of carbonyl (C=O) groups is 2. The van der Waals surface area contributed by atoms with Crippen molar-refractivity contribution in [1.29, 1.82) is 0 Å². The maximum atomic E-state index is 12.9. The molecule has 8 heteroatoms. The lowest BCUT2D eigenvalue weighted by Crippen LogP contribution is -2.59. The van der Waals surface area contributed by atoms with E-state index in [0.29, 0.717) is 17.9 Å². The van der Waals surface area contributed by atoms with E-state index in [9.17, 15) is 19.8 Å². The van der Waals surface area contributed by atoms with Gasteiger partial charge in [-0.15, -0.1) is 0 Å². The van der Waals surface area contributed by atoms with Crippen LogP contribution in [0.5, 0.6) is 11.5 Å². The second-order valence-corrected chi connectivity index (χ2v) is 11.6. The number of cyclic esters (lactones) is 1. The van der Waals surface area contributed by atoms with E-state index in [1.807, 2.05) is 6.92 Å². The van der Waals surface area contributed by atoms with Gasteiger partial charge in [-0.1, -0.05) is 27.2 Å². The lowest BCUT2D eigenvalue weighted by Gasteiger charge is -2.61. The molecule has 0 radical (unpaired) electrons. The number of fused-ring (bicyclic) bond motifs is 2. The Balaban J connectivity index is 1.80. The van der Waals surface area contributed by atoms with Crippen molar-refractivity contribution in [1.82, 2.24) is 0 Å². The molecule has 2 N–H and O–H groups in total. The van der Waals surface area contributed by atoms with Crippen molar-refractivity contribution < 1.29 is 38.7 Å². The smallest absolute Gasteiger partial charge is 0.345 e. The van der Waals surface area contributed by atoms with E-state index >= 15 is 0 Å². The summed E-state index contributed by atoms with van der Waals surface area (Å²) in [5.41, 5.74) is -0.583. The summed E-state index contributed by atoms with van der Waals surface area (Å²) in [6.45, 7) is 10.6. The van der Waals surface area contributed by atoms with Crippen LogP contribution in [0, 0.1) is 29.6 Å². The molecule has 1 aromatic carbocycles. The second-order valence-electron chi connectivity index (χ2n) is 11.6. The Bertz CT molecular complexity index is 1040. The molecule has 2 aliphatic carbocycles. The van der Waals surface area contributed by atoms with Crippen molar-refractivity contribution in [2.24, 2.45) is 22.7 Å². The van der Waals surface area contributed by atoms with Crippen molar-refractivity contribution in [2.45, 2.75) is 78.6 Å². The molecule has 2 saturated carbocycles. The lowest BCUT2D eigenvalue weighted by molar-refractivity contribution is -0.176. The predicted molar refractivity (Wildman–Crippen MR) is 128 cm³/mol. The number of carbonyl (C=O) groups excluding carboxylic acids is 2. The number of hydrogen-bond donors (Lipinski definition) is 2. The molecule has 5 atom stereocenters. The van der Waals surface area contributed by atoms with Crippen molar-refractivity contribution in [3.63, 3.8) is 0 Å². The largest absolute Gasteiger partial charge is 0.495 e. The van der Waals surface area contributed by atoms with Crippen LogP contribution in [0.3, 0.4) is 0 Å². The topological polar surface area (TPSA) is 112 Å². The van der Waals surface area contributed by atoms with Crippen LogP contribution in [0.1, 0.15) is 97.9 Å². The van der Waals surface area contributed by atoms with E-state index in [-0.39, 0.29) is 51.5 Å². The fourth-order valence-electron chi connectivity index (χ4n) is 7.42. The number of esters is 2. The van der Waals surface area contributed by atoms with E-state index in [1.54, 1.807) is 6.92 Å². The van der Waals surface area contributed by atoms with Crippen LogP contribution >= 0.6 is 0 Å². The van der Waals surface area contributed by atoms with Gasteiger partial charge in [-0.05, 0) is 56.3 Å². The summed E-state index contributed by atoms with van der Waals surface area (Å²) in [6, 6.07) is 0. The minimum Gasteiger partial charge on any atom is -0.495 e. The SMILES string of the molecule is COC(=O)c1c(OCC2C(C)(O)CCC3C(C)(C)CCCC32C)c(C)c(OC)c2c1C(O)OC2=O. The molecule has 35 heavy (non-hydrogen) atoms.